The molecule has 0 spiro atoms. The summed E-state index contributed by atoms with van der Waals surface area (Å²) in [6, 6.07) is 5.55. The number of rotatable bonds is 2. The maximum atomic E-state index is 10.7. The number of aliphatic hydroxyl groups excluding tert-OH is 1. The lowest BCUT2D eigenvalue weighted by molar-refractivity contribution is 0.0899. The smallest absolute Gasteiger partial charge is 0.115 e. The largest absolute Gasteiger partial charge is 0.508 e. The molecule has 0 radical (unpaired) electrons. The van der Waals surface area contributed by atoms with Gasteiger partial charge in [0.1, 0.15) is 11.4 Å². The summed E-state index contributed by atoms with van der Waals surface area (Å²) in [7, 11) is 0. The third-order valence-electron chi connectivity index (χ3n) is 3.18. The summed E-state index contributed by atoms with van der Waals surface area (Å²) >= 11 is 0. The average Bonchev–Trinajstić information content (AvgIpc) is 2.93. The Morgan fingerprint density at radius 2 is 2.21 bits per heavy atom. The fourth-order valence-corrected chi connectivity index (χ4v) is 2.14. The zero-order valence-corrected chi connectivity index (χ0v) is 10.1. The van der Waals surface area contributed by atoms with Crippen molar-refractivity contribution >= 4 is 0 Å². The lowest BCUT2D eigenvalue weighted by atomic mass is 9.87. The number of nitrogens with one attached hydrogen (secondary N) is 1. The van der Waals surface area contributed by atoms with Crippen molar-refractivity contribution in [3.63, 3.8) is 0 Å². The maximum absolute atomic E-state index is 10.7. The van der Waals surface area contributed by atoms with E-state index in [9.17, 15) is 10.2 Å². The van der Waals surface area contributed by atoms with Gasteiger partial charge in [-0.2, -0.15) is 5.10 Å². The number of nitrogens with zero attached hydrogens (tertiary/aromatic N) is 2. The molecule has 19 heavy (non-hydrogen) atoms. The van der Waals surface area contributed by atoms with Crippen LogP contribution < -0.4 is 0 Å². The van der Waals surface area contributed by atoms with E-state index < -0.39 is 5.60 Å². The summed E-state index contributed by atoms with van der Waals surface area (Å²) in [5.41, 5.74) is 0.871. The van der Waals surface area contributed by atoms with Gasteiger partial charge in [-0.05, 0) is 30.4 Å². The maximum Gasteiger partial charge on any atom is 0.115 e. The quantitative estimate of drug-likeness (QED) is 0.767. The van der Waals surface area contributed by atoms with Gasteiger partial charge in [0, 0.05) is 18.2 Å². The van der Waals surface area contributed by atoms with Gasteiger partial charge in [0.15, 0.2) is 0 Å². The normalized spacial score (nSPS) is 22.3. The molecule has 0 amide bonds. The molecular formula is C14H13N3O2. The standard InChI is InChI=1S/C14H13N3O2/c18-10-4-6-14(19,7-5-10)11-9-16-17-13(11)12-3-1-2-8-15-12/h1-6,8-9,18-19H,7H2,(H,16,17). The molecule has 5 heteroatoms. The van der Waals surface area contributed by atoms with Crippen LogP contribution >= 0.6 is 0 Å². The summed E-state index contributed by atoms with van der Waals surface area (Å²) in [4.78, 5) is 4.25. The molecule has 0 saturated heterocycles. The van der Waals surface area contributed by atoms with E-state index in [0.29, 0.717) is 17.7 Å². The van der Waals surface area contributed by atoms with Gasteiger partial charge in [0.25, 0.3) is 0 Å². The number of hydrogen-bond donors (Lipinski definition) is 3. The molecule has 0 aliphatic heterocycles. The predicted octanol–water partition coefficient (Wildman–Crippen LogP) is 2.06. The van der Waals surface area contributed by atoms with E-state index in [-0.39, 0.29) is 5.76 Å². The van der Waals surface area contributed by atoms with Crippen molar-refractivity contribution in [3.05, 3.63) is 60.1 Å². The minimum absolute atomic E-state index is 0.160. The minimum atomic E-state index is -1.17. The molecule has 2 aromatic rings. The van der Waals surface area contributed by atoms with Crippen LogP contribution in [-0.4, -0.2) is 25.4 Å². The Labute approximate surface area is 109 Å². The van der Waals surface area contributed by atoms with Gasteiger partial charge in [-0.3, -0.25) is 10.1 Å². The minimum Gasteiger partial charge on any atom is -0.508 e. The van der Waals surface area contributed by atoms with Gasteiger partial charge in [0.05, 0.1) is 17.6 Å². The third kappa shape index (κ3) is 2.04. The molecule has 0 aromatic carbocycles. The zero-order chi connectivity index (χ0) is 13.3. The molecule has 1 aliphatic carbocycles. The fourth-order valence-electron chi connectivity index (χ4n) is 2.14. The second-order valence-corrected chi connectivity index (χ2v) is 4.46. The van der Waals surface area contributed by atoms with E-state index in [2.05, 4.69) is 15.2 Å². The van der Waals surface area contributed by atoms with Crippen molar-refractivity contribution in [1.82, 2.24) is 15.2 Å². The summed E-state index contributed by atoms with van der Waals surface area (Å²) < 4.78 is 0. The van der Waals surface area contributed by atoms with Crippen LogP contribution in [0.4, 0.5) is 0 Å². The Kier molecular flexibility index (Phi) is 2.68. The van der Waals surface area contributed by atoms with E-state index in [1.807, 2.05) is 18.2 Å². The van der Waals surface area contributed by atoms with Crippen LogP contribution in [0.5, 0.6) is 0 Å². The van der Waals surface area contributed by atoms with Gasteiger partial charge in [0.2, 0.25) is 0 Å². The van der Waals surface area contributed by atoms with Crippen molar-refractivity contribution in [1.29, 1.82) is 0 Å². The van der Waals surface area contributed by atoms with E-state index in [4.69, 9.17) is 0 Å². The molecule has 1 atom stereocenters. The summed E-state index contributed by atoms with van der Waals surface area (Å²) in [6.45, 7) is 0. The SMILES string of the molecule is OC1=CCC(O)(c2cn[nH]c2-c2ccccn2)C=C1. The first-order valence-electron chi connectivity index (χ1n) is 5.95. The second-order valence-electron chi connectivity index (χ2n) is 4.46. The Morgan fingerprint density at radius 1 is 1.32 bits per heavy atom. The topological polar surface area (TPSA) is 82.0 Å². The Hall–Kier alpha value is -2.40. The third-order valence-corrected chi connectivity index (χ3v) is 3.18. The Bertz CT molecular complexity index is 646. The molecule has 3 N–H and O–H groups in total. The molecule has 96 valence electrons. The number of pyridine rings is 1. The summed E-state index contributed by atoms with van der Waals surface area (Å²) in [5.74, 6) is 0.160. The van der Waals surface area contributed by atoms with E-state index >= 15 is 0 Å². The number of aromatic amines is 1. The fraction of sp³-hybridized carbons (Fsp3) is 0.143. The van der Waals surface area contributed by atoms with Gasteiger partial charge in [-0.15, -0.1) is 0 Å². The van der Waals surface area contributed by atoms with Crippen molar-refractivity contribution in [2.75, 3.05) is 0 Å². The molecule has 0 fully saturated rings. The monoisotopic (exact) mass is 255 g/mol. The molecule has 2 heterocycles. The van der Waals surface area contributed by atoms with Gasteiger partial charge >= 0.3 is 0 Å². The molecule has 1 unspecified atom stereocenters. The number of aromatic nitrogens is 3. The zero-order valence-electron chi connectivity index (χ0n) is 10.1. The molecule has 3 rings (SSSR count). The van der Waals surface area contributed by atoms with Crippen LogP contribution in [-0.2, 0) is 5.60 Å². The van der Waals surface area contributed by atoms with Crippen LogP contribution in [0, 0.1) is 0 Å². The Morgan fingerprint density at radius 3 is 2.89 bits per heavy atom. The van der Waals surface area contributed by atoms with Gasteiger partial charge < -0.3 is 10.2 Å². The molecular weight excluding hydrogens is 242 g/mol. The van der Waals surface area contributed by atoms with E-state index in [0.717, 1.165) is 5.69 Å². The second kappa shape index (κ2) is 4.37. The number of hydrogen-bond acceptors (Lipinski definition) is 4. The highest BCUT2D eigenvalue weighted by Crippen LogP contribution is 2.35. The first kappa shape index (κ1) is 11.7. The van der Waals surface area contributed by atoms with Gasteiger partial charge in [-0.1, -0.05) is 6.07 Å². The first-order valence-corrected chi connectivity index (χ1v) is 5.95. The molecule has 0 saturated carbocycles. The van der Waals surface area contributed by atoms with E-state index in [1.165, 1.54) is 6.08 Å². The highest BCUT2D eigenvalue weighted by atomic mass is 16.3. The number of H-pyrrole nitrogens is 1. The first-order chi connectivity index (χ1) is 9.19. The molecule has 0 bridgehead atoms. The molecule has 1 aliphatic rings. The van der Waals surface area contributed by atoms with Crippen LogP contribution in [0.2, 0.25) is 0 Å². The van der Waals surface area contributed by atoms with Crippen molar-refractivity contribution in [2.45, 2.75) is 12.0 Å². The number of aliphatic hydroxyl groups is 2. The molecule has 2 aromatic heterocycles. The molecule has 5 nitrogen and oxygen atoms in total. The van der Waals surface area contributed by atoms with Crippen LogP contribution in [0.15, 0.2) is 54.6 Å². The number of allylic oxidation sites excluding steroid dienone is 1. The summed E-state index contributed by atoms with van der Waals surface area (Å²) in [6.07, 6.45) is 8.21. The van der Waals surface area contributed by atoms with Crippen molar-refractivity contribution in [2.24, 2.45) is 0 Å². The highest BCUT2D eigenvalue weighted by molar-refractivity contribution is 5.60. The lowest BCUT2D eigenvalue weighted by Gasteiger charge is -2.25. The predicted molar refractivity (Wildman–Crippen MR) is 70.2 cm³/mol. The Balaban J connectivity index is 2.04. The van der Waals surface area contributed by atoms with Crippen molar-refractivity contribution in [3.8, 4) is 11.4 Å². The van der Waals surface area contributed by atoms with Crippen LogP contribution in [0.3, 0.4) is 0 Å². The van der Waals surface area contributed by atoms with Crippen LogP contribution in [0.25, 0.3) is 11.4 Å². The van der Waals surface area contributed by atoms with Gasteiger partial charge in [-0.25, -0.2) is 0 Å². The van der Waals surface area contributed by atoms with Crippen molar-refractivity contribution < 1.29 is 10.2 Å². The summed E-state index contributed by atoms with van der Waals surface area (Å²) in [5, 5.41) is 26.9. The van der Waals surface area contributed by atoms with Crippen LogP contribution in [0.1, 0.15) is 12.0 Å². The lowest BCUT2D eigenvalue weighted by Crippen LogP contribution is -2.24. The van der Waals surface area contributed by atoms with E-state index in [1.54, 1.807) is 24.5 Å². The highest BCUT2D eigenvalue weighted by Gasteiger charge is 2.32. The average molecular weight is 255 g/mol.